The van der Waals surface area contributed by atoms with E-state index >= 15 is 0 Å². The standard InChI is InChI=1S/C11H14BrNO2/c1-2-3-6-13-10-5-4-8(11(14)15)7-9(10)12/h4-5,7,13H,2-3,6H2,1H3,(H,14,15). The van der Waals surface area contributed by atoms with Crippen LogP contribution in [0, 0.1) is 0 Å². The largest absolute Gasteiger partial charge is 0.478 e. The van der Waals surface area contributed by atoms with Crippen molar-refractivity contribution in [3.8, 4) is 0 Å². The highest BCUT2D eigenvalue weighted by Crippen LogP contribution is 2.23. The van der Waals surface area contributed by atoms with Gasteiger partial charge in [-0.05, 0) is 40.5 Å². The molecule has 0 spiro atoms. The molecule has 0 unspecified atom stereocenters. The Bertz CT molecular complexity index is 352. The van der Waals surface area contributed by atoms with Crippen LogP contribution >= 0.6 is 15.9 Å². The second-order valence-corrected chi connectivity index (χ2v) is 4.13. The van der Waals surface area contributed by atoms with E-state index in [-0.39, 0.29) is 0 Å². The van der Waals surface area contributed by atoms with Gasteiger partial charge in [0.15, 0.2) is 0 Å². The Labute approximate surface area is 97.6 Å². The number of carboxylic acids is 1. The molecule has 1 aromatic carbocycles. The van der Waals surface area contributed by atoms with Gasteiger partial charge >= 0.3 is 5.97 Å². The summed E-state index contributed by atoms with van der Waals surface area (Å²) in [5, 5.41) is 12.0. The second-order valence-electron chi connectivity index (χ2n) is 3.28. The number of carboxylic acid groups (broad SMARTS) is 1. The van der Waals surface area contributed by atoms with Gasteiger partial charge in [0.05, 0.1) is 5.56 Å². The van der Waals surface area contributed by atoms with Crippen LogP contribution in [-0.4, -0.2) is 17.6 Å². The fourth-order valence-electron chi connectivity index (χ4n) is 1.19. The molecule has 0 fully saturated rings. The van der Waals surface area contributed by atoms with Crippen LogP contribution in [0.3, 0.4) is 0 Å². The molecule has 0 heterocycles. The van der Waals surface area contributed by atoms with E-state index < -0.39 is 5.97 Å². The number of benzene rings is 1. The van der Waals surface area contributed by atoms with Crippen LogP contribution in [0.5, 0.6) is 0 Å². The Morgan fingerprint density at radius 1 is 1.53 bits per heavy atom. The fraction of sp³-hybridized carbons (Fsp3) is 0.364. The molecule has 0 aromatic heterocycles. The first-order chi connectivity index (χ1) is 7.15. The van der Waals surface area contributed by atoms with Gasteiger partial charge in [-0.3, -0.25) is 0 Å². The molecule has 0 bridgehead atoms. The molecule has 1 rings (SSSR count). The topological polar surface area (TPSA) is 49.3 Å². The van der Waals surface area contributed by atoms with E-state index in [0.717, 1.165) is 29.5 Å². The summed E-state index contributed by atoms with van der Waals surface area (Å²) in [4.78, 5) is 10.7. The Kier molecular flexibility index (Phi) is 4.62. The van der Waals surface area contributed by atoms with E-state index in [0.29, 0.717) is 5.56 Å². The van der Waals surface area contributed by atoms with E-state index in [1.807, 2.05) is 0 Å². The summed E-state index contributed by atoms with van der Waals surface area (Å²) in [7, 11) is 0. The zero-order valence-electron chi connectivity index (χ0n) is 8.59. The van der Waals surface area contributed by atoms with Crippen molar-refractivity contribution in [2.45, 2.75) is 19.8 Å². The monoisotopic (exact) mass is 271 g/mol. The lowest BCUT2D eigenvalue weighted by atomic mass is 10.2. The molecule has 2 N–H and O–H groups in total. The van der Waals surface area contributed by atoms with Crippen LogP contribution in [0.4, 0.5) is 5.69 Å². The van der Waals surface area contributed by atoms with Gasteiger partial charge in [-0.25, -0.2) is 4.79 Å². The lowest BCUT2D eigenvalue weighted by Gasteiger charge is -2.08. The van der Waals surface area contributed by atoms with Crippen molar-refractivity contribution in [2.75, 3.05) is 11.9 Å². The molecule has 82 valence electrons. The minimum atomic E-state index is -0.907. The number of anilines is 1. The minimum absolute atomic E-state index is 0.294. The molecule has 4 heteroatoms. The fourth-order valence-corrected chi connectivity index (χ4v) is 1.71. The van der Waals surface area contributed by atoms with Gasteiger partial charge in [0.1, 0.15) is 0 Å². The Morgan fingerprint density at radius 3 is 2.80 bits per heavy atom. The number of hydrogen-bond donors (Lipinski definition) is 2. The SMILES string of the molecule is CCCCNc1ccc(C(=O)O)cc1Br. The number of hydrogen-bond acceptors (Lipinski definition) is 2. The summed E-state index contributed by atoms with van der Waals surface area (Å²) in [5.41, 5.74) is 1.23. The highest BCUT2D eigenvalue weighted by molar-refractivity contribution is 9.10. The molecule has 0 radical (unpaired) electrons. The average Bonchev–Trinajstić information content (AvgIpc) is 2.20. The van der Waals surface area contributed by atoms with Crippen molar-refractivity contribution in [3.63, 3.8) is 0 Å². The molecule has 0 aliphatic heterocycles. The molecule has 0 saturated carbocycles. The van der Waals surface area contributed by atoms with Crippen LogP contribution in [0.2, 0.25) is 0 Å². The quantitative estimate of drug-likeness (QED) is 0.808. The normalized spacial score (nSPS) is 10.0. The molecule has 0 atom stereocenters. The number of unbranched alkanes of at least 4 members (excludes halogenated alkanes) is 1. The van der Waals surface area contributed by atoms with E-state index in [4.69, 9.17) is 5.11 Å². The maximum absolute atomic E-state index is 10.7. The lowest BCUT2D eigenvalue weighted by Crippen LogP contribution is -2.03. The van der Waals surface area contributed by atoms with Crippen molar-refractivity contribution in [2.24, 2.45) is 0 Å². The summed E-state index contributed by atoms with van der Waals surface area (Å²) in [6.45, 7) is 3.03. The molecule has 0 aliphatic carbocycles. The van der Waals surface area contributed by atoms with Crippen molar-refractivity contribution in [1.82, 2.24) is 0 Å². The van der Waals surface area contributed by atoms with Gasteiger partial charge in [0.2, 0.25) is 0 Å². The predicted molar refractivity (Wildman–Crippen MR) is 64.5 cm³/mol. The third-order valence-electron chi connectivity index (χ3n) is 2.06. The van der Waals surface area contributed by atoms with Gasteiger partial charge < -0.3 is 10.4 Å². The molecule has 1 aromatic rings. The van der Waals surface area contributed by atoms with Gasteiger partial charge in [-0.1, -0.05) is 13.3 Å². The molecule has 3 nitrogen and oxygen atoms in total. The minimum Gasteiger partial charge on any atom is -0.478 e. The summed E-state index contributed by atoms with van der Waals surface area (Å²) in [5.74, 6) is -0.907. The first kappa shape index (κ1) is 12.0. The number of halogens is 1. The van der Waals surface area contributed by atoms with Gasteiger partial charge in [-0.15, -0.1) is 0 Å². The van der Waals surface area contributed by atoms with Crippen LogP contribution in [0.15, 0.2) is 22.7 Å². The van der Waals surface area contributed by atoms with Crippen molar-refractivity contribution < 1.29 is 9.90 Å². The van der Waals surface area contributed by atoms with Crippen molar-refractivity contribution in [1.29, 1.82) is 0 Å². The number of aromatic carboxylic acids is 1. The molecule has 0 amide bonds. The van der Waals surface area contributed by atoms with E-state index in [1.165, 1.54) is 0 Å². The second kappa shape index (κ2) is 5.75. The molecular weight excluding hydrogens is 258 g/mol. The third kappa shape index (κ3) is 3.55. The molecule has 0 saturated heterocycles. The summed E-state index contributed by atoms with van der Waals surface area (Å²) >= 11 is 3.34. The molecule has 15 heavy (non-hydrogen) atoms. The third-order valence-corrected chi connectivity index (χ3v) is 2.72. The lowest BCUT2D eigenvalue weighted by molar-refractivity contribution is 0.0697. The van der Waals surface area contributed by atoms with E-state index in [1.54, 1.807) is 18.2 Å². The van der Waals surface area contributed by atoms with Crippen molar-refractivity contribution in [3.05, 3.63) is 28.2 Å². The summed E-state index contributed by atoms with van der Waals surface area (Å²) < 4.78 is 0.790. The number of nitrogens with one attached hydrogen (secondary N) is 1. The average molecular weight is 272 g/mol. The van der Waals surface area contributed by atoms with E-state index in [9.17, 15) is 4.79 Å². The van der Waals surface area contributed by atoms with Gasteiger partial charge in [0, 0.05) is 16.7 Å². The highest BCUT2D eigenvalue weighted by atomic mass is 79.9. The Morgan fingerprint density at radius 2 is 2.27 bits per heavy atom. The zero-order chi connectivity index (χ0) is 11.3. The maximum atomic E-state index is 10.7. The smallest absolute Gasteiger partial charge is 0.335 e. The Balaban J connectivity index is 2.70. The molecule has 0 aliphatic rings. The van der Waals surface area contributed by atoms with Crippen LogP contribution < -0.4 is 5.32 Å². The first-order valence-electron chi connectivity index (χ1n) is 4.92. The van der Waals surface area contributed by atoms with Crippen molar-refractivity contribution >= 4 is 27.6 Å². The van der Waals surface area contributed by atoms with Gasteiger partial charge in [-0.2, -0.15) is 0 Å². The van der Waals surface area contributed by atoms with Crippen LogP contribution in [0.25, 0.3) is 0 Å². The van der Waals surface area contributed by atoms with Gasteiger partial charge in [0.25, 0.3) is 0 Å². The summed E-state index contributed by atoms with van der Waals surface area (Å²) in [6, 6.07) is 4.99. The number of rotatable bonds is 5. The van der Waals surface area contributed by atoms with E-state index in [2.05, 4.69) is 28.2 Å². The maximum Gasteiger partial charge on any atom is 0.335 e. The number of carbonyl (C=O) groups is 1. The first-order valence-corrected chi connectivity index (χ1v) is 5.71. The molecular formula is C11H14BrNO2. The predicted octanol–water partition coefficient (Wildman–Crippen LogP) is 3.36. The highest BCUT2D eigenvalue weighted by Gasteiger charge is 2.05. The van der Waals surface area contributed by atoms with Crippen LogP contribution in [-0.2, 0) is 0 Å². The summed E-state index contributed by atoms with van der Waals surface area (Å²) in [6.07, 6.45) is 2.24. The zero-order valence-corrected chi connectivity index (χ0v) is 10.2. The van der Waals surface area contributed by atoms with Crippen LogP contribution in [0.1, 0.15) is 30.1 Å². The Hall–Kier alpha value is -1.03.